The Morgan fingerprint density at radius 3 is 2.66 bits per heavy atom. The van der Waals surface area contributed by atoms with E-state index >= 15 is 0 Å². The van der Waals surface area contributed by atoms with E-state index in [1.165, 1.54) is 36.8 Å². The number of rotatable bonds is 5. The van der Waals surface area contributed by atoms with Gasteiger partial charge in [-0.05, 0) is 44.7 Å². The smallest absolute Gasteiger partial charge is 0.220 e. The number of hydrogen-bond donors (Lipinski definition) is 1. The van der Waals surface area contributed by atoms with Crippen molar-refractivity contribution in [1.29, 1.82) is 0 Å². The van der Waals surface area contributed by atoms with Crippen LogP contribution in [-0.4, -0.2) is 52.4 Å². The van der Waals surface area contributed by atoms with Gasteiger partial charge in [-0.2, -0.15) is 0 Å². The van der Waals surface area contributed by atoms with Crippen molar-refractivity contribution in [2.45, 2.75) is 69.9 Å². The summed E-state index contributed by atoms with van der Waals surface area (Å²) in [5.41, 5.74) is 4.00. The lowest BCUT2D eigenvalue weighted by atomic mass is 9.79. The minimum absolute atomic E-state index is 0.000136. The van der Waals surface area contributed by atoms with Gasteiger partial charge in [0.1, 0.15) is 5.82 Å². The standard InChI is InChI=1S/C26H35N5O/c1-19(32)31-15-8-11-23(31)25-28-22-17-30(2)16-12-21(22)24(29-25)27-18-26(13-6-7-14-26)20-9-4-3-5-10-20/h3-5,9-10,23H,6-8,11-18H2,1-2H3,(H,27,28,29)/t23-/m0/s1. The minimum Gasteiger partial charge on any atom is -0.369 e. The number of benzene rings is 1. The molecule has 6 heteroatoms. The lowest BCUT2D eigenvalue weighted by Gasteiger charge is -2.32. The highest BCUT2D eigenvalue weighted by molar-refractivity contribution is 5.74. The first-order chi connectivity index (χ1) is 15.6. The van der Waals surface area contributed by atoms with E-state index in [-0.39, 0.29) is 17.4 Å². The van der Waals surface area contributed by atoms with Crippen molar-refractivity contribution >= 4 is 11.7 Å². The third-order valence-corrected chi connectivity index (χ3v) is 7.77. The molecule has 1 amide bonds. The molecule has 32 heavy (non-hydrogen) atoms. The quantitative estimate of drug-likeness (QED) is 0.770. The van der Waals surface area contributed by atoms with Crippen LogP contribution in [0.25, 0.3) is 0 Å². The largest absolute Gasteiger partial charge is 0.369 e. The first kappa shape index (κ1) is 21.4. The van der Waals surface area contributed by atoms with E-state index < -0.39 is 0 Å². The zero-order chi connectivity index (χ0) is 22.1. The topological polar surface area (TPSA) is 61.4 Å². The van der Waals surface area contributed by atoms with Gasteiger partial charge in [0.15, 0.2) is 5.82 Å². The van der Waals surface area contributed by atoms with Gasteiger partial charge < -0.3 is 15.1 Å². The number of likely N-dealkylation sites (N-methyl/N-ethyl adjacent to an activating group) is 1. The van der Waals surface area contributed by atoms with Crippen molar-refractivity contribution in [2.24, 2.45) is 0 Å². The maximum Gasteiger partial charge on any atom is 0.220 e. The van der Waals surface area contributed by atoms with Crippen LogP contribution in [0.3, 0.4) is 0 Å². The summed E-state index contributed by atoms with van der Waals surface area (Å²) in [4.78, 5) is 26.6. The van der Waals surface area contributed by atoms with E-state index in [1.807, 2.05) is 4.90 Å². The summed E-state index contributed by atoms with van der Waals surface area (Å²) < 4.78 is 0. The molecule has 1 saturated heterocycles. The number of carbonyl (C=O) groups excluding carboxylic acids is 1. The van der Waals surface area contributed by atoms with Crippen LogP contribution in [0, 0.1) is 0 Å². The molecule has 2 fully saturated rings. The van der Waals surface area contributed by atoms with Crippen LogP contribution in [0.1, 0.15) is 74.1 Å². The molecule has 170 valence electrons. The maximum absolute atomic E-state index is 12.2. The summed E-state index contributed by atoms with van der Waals surface area (Å²) in [6.45, 7) is 5.23. The van der Waals surface area contributed by atoms with E-state index in [0.717, 1.165) is 62.8 Å². The van der Waals surface area contributed by atoms with Crippen molar-refractivity contribution in [2.75, 3.05) is 32.0 Å². The molecule has 0 spiro atoms. The van der Waals surface area contributed by atoms with Crippen LogP contribution in [0.4, 0.5) is 5.82 Å². The lowest BCUT2D eigenvalue weighted by Crippen LogP contribution is -2.35. The summed E-state index contributed by atoms with van der Waals surface area (Å²) in [5.74, 6) is 1.93. The Labute approximate surface area is 191 Å². The van der Waals surface area contributed by atoms with Crippen LogP contribution in [0.2, 0.25) is 0 Å². The average molecular weight is 434 g/mol. The zero-order valence-corrected chi connectivity index (χ0v) is 19.4. The van der Waals surface area contributed by atoms with Crippen LogP contribution in [-0.2, 0) is 23.2 Å². The van der Waals surface area contributed by atoms with Crippen LogP contribution < -0.4 is 5.32 Å². The highest BCUT2D eigenvalue weighted by Gasteiger charge is 2.36. The summed E-state index contributed by atoms with van der Waals surface area (Å²) in [7, 11) is 2.15. The number of anilines is 1. The van der Waals surface area contributed by atoms with E-state index in [1.54, 1.807) is 6.92 Å². The van der Waals surface area contributed by atoms with Gasteiger partial charge in [-0.25, -0.2) is 9.97 Å². The molecule has 1 N–H and O–H groups in total. The number of fused-ring (bicyclic) bond motifs is 1. The van der Waals surface area contributed by atoms with Crippen LogP contribution in [0.5, 0.6) is 0 Å². The van der Waals surface area contributed by atoms with Crippen molar-refractivity contribution < 1.29 is 4.79 Å². The molecule has 3 heterocycles. The van der Waals surface area contributed by atoms with Crippen molar-refractivity contribution in [3.8, 4) is 0 Å². The number of hydrogen-bond acceptors (Lipinski definition) is 5. The Kier molecular flexibility index (Phi) is 5.89. The molecule has 1 atom stereocenters. The van der Waals surface area contributed by atoms with Gasteiger partial charge in [0.25, 0.3) is 0 Å². The fraction of sp³-hybridized carbons (Fsp3) is 0.577. The number of aromatic nitrogens is 2. The molecule has 3 aliphatic rings. The molecular weight excluding hydrogens is 398 g/mol. The SMILES string of the molecule is CC(=O)N1CCC[C@H]1c1nc2c(c(NCC3(c4ccccc4)CCCC3)n1)CCN(C)C2. The second-order valence-corrected chi connectivity index (χ2v) is 9.92. The van der Waals surface area contributed by atoms with Gasteiger partial charge in [-0.15, -0.1) is 0 Å². The highest BCUT2D eigenvalue weighted by Crippen LogP contribution is 2.41. The molecule has 0 bridgehead atoms. The highest BCUT2D eigenvalue weighted by atomic mass is 16.2. The molecule has 1 saturated carbocycles. The van der Waals surface area contributed by atoms with Gasteiger partial charge in [0.05, 0.1) is 11.7 Å². The Morgan fingerprint density at radius 2 is 1.91 bits per heavy atom. The third-order valence-electron chi connectivity index (χ3n) is 7.77. The van der Waals surface area contributed by atoms with Gasteiger partial charge >= 0.3 is 0 Å². The molecule has 1 aromatic heterocycles. The second kappa shape index (κ2) is 8.81. The number of carbonyl (C=O) groups is 1. The predicted molar refractivity (Wildman–Crippen MR) is 127 cm³/mol. The molecular formula is C26H35N5O. The number of likely N-dealkylation sites (tertiary alicyclic amines) is 1. The normalized spacial score (nSPS) is 22.7. The third kappa shape index (κ3) is 4.01. The molecule has 5 rings (SSSR count). The van der Waals surface area contributed by atoms with E-state index in [9.17, 15) is 4.79 Å². The Bertz CT molecular complexity index is 970. The second-order valence-electron chi connectivity index (χ2n) is 9.92. The predicted octanol–water partition coefficient (Wildman–Crippen LogP) is 4.07. The van der Waals surface area contributed by atoms with Crippen molar-refractivity contribution in [3.63, 3.8) is 0 Å². The zero-order valence-electron chi connectivity index (χ0n) is 19.4. The molecule has 2 aromatic rings. The fourth-order valence-electron chi connectivity index (χ4n) is 5.95. The molecule has 6 nitrogen and oxygen atoms in total. The first-order valence-corrected chi connectivity index (χ1v) is 12.2. The van der Waals surface area contributed by atoms with Gasteiger partial charge in [0, 0.05) is 44.1 Å². The first-order valence-electron chi connectivity index (χ1n) is 12.2. The Hall–Kier alpha value is -2.47. The monoisotopic (exact) mass is 433 g/mol. The average Bonchev–Trinajstić information content (AvgIpc) is 3.48. The number of nitrogens with zero attached hydrogens (tertiary/aromatic N) is 4. The maximum atomic E-state index is 12.2. The summed E-state index contributed by atoms with van der Waals surface area (Å²) in [5, 5.41) is 3.80. The van der Waals surface area contributed by atoms with Gasteiger partial charge in [-0.3, -0.25) is 4.79 Å². The minimum atomic E-state index is 0.000136. The number of amides is 1. The fourth-order valence-corrected chi connectivity index (χ4v) is 5.95. The van der Waals surface area contributed by atoms with Crippen molar-refractivity contribution in [3.05, 3.63) is 53.0 Å². The molecule has 1 aromatic carbocycles. The molecule has 2 aliphatic heterocycles. The number of nitrogens with one attached hydrogen (secondary N) is 1. The summed E-state index contributed by atoms with van der Waals surface area (Å²) >= 11 is 0. The summed E-state index contributed by atoms with van der Waals surface area (Å²) in [6.07, 6.45) is 7.93. The Morgan fingerprint density at radius 1 is 1.12 bits per heavy atom. The molecule has 0 unspecified atom stereocenters. The Balaban J connectivity index is 1.47. The summed E-state index contributed by atoms with van der Waals surface area (Å²) in [6, 6.07) is 11.0. The molecule has 0 radical (unpaired) electrons. The van der Waals surface area contributed by atoms with Crippen LogP contribution >= 0.6 is 0 Å². The van der Waals surface area contributed by atoms with E-state index in [0.29, 0.717) is 0 Å². The van der Waals surface area contributed by atoms with Crippen molar-refractivity contribution in [1.82, 2.24) is 19.8 Å². The van der Waals surface area contributed by atoms with E-state index in [2.05, 4.69) is 47.6 Å². The molecule has 1 aliphatic carbocycles. The van der Waals surface area contributed by atoms with Gasteiger partial charge in [0.2, 0.25) is 5.91 Å². The van der Waals surface area contributed by atoms with Crippen LogP contribution in [0.15, 0.2) is 30.3 Å². The van der Waals surface area contributed by atoms with E-state index in [4.69, 9.17) is 9.97 Å². The lowest BCUT2D eigenvalue weighted by molar-refractivity contribution is -0.129. The van der Waals surface area contributed by atoms with Gasteiger partial charge in [-0.1, -0.05) is 43.2 Å².